The summed E-state index contributed by atoms with van der Waals surface area (Å²) in [6.45, 7) is 7.37. The van der Waals surface area contributed by atoms with Gasteiger partial charge in [0.15, 0.2) is 0 Å². The highest BCUT2D eigenvalue weighted by Crippen LogP contribution is 2.40. The number of rotatable bonds is 9. The Kier molecular flexibility index (Phi) is 5.48. The number of aliphatic hydroxyl groups excluding tert-OH is 1. The first-order chi connectivity index (χ1) is 10.1. The van der Waals surface area contributed by atoms with Crippen molar-refractivity contribution in [2.45, 2.75) is 45.2 Å². The second kappa shape index (κ2) is 7.14. The third-order valence-electron chi connectivity index (χ3n) is 3.83. The molecule has 0 heterocycles. The maximum Gasteiger partial charge on any atom is 0.123 e. The average Bonchev–Trinajstić information content (AvgIpc) is 3.29. The Balaban J connectivity index is 2.02. The Morgan fingerprint density at radius 1 is 1.29 bits per heavy atom. The first kappa shape index (κ1) is 16.1. The molecule has 1 saturated carbocycles. The first-order valence-corrected chi connectivity index (χ1v) is 7.84. The van der Waals surface area contributed by atoms with Gasteiger partial charge in [0.1, 0.15) is 18.1 Å². The van der Waals surface area contributed by atoms with Gasteiger partial charge in [0.05, 0.1) is 18.8 Å². The second-order valence-corrected chi connectivity index (χ2v) is 6.08. The minimum absolute atomic E-state index is 0.0982. The van der Waals surface area contributed by atoms with E-state index in [2.05, 4.69) is 19.2 Å². The van der Waals surface area contributed by atoms with E-state index in [4.69, 9.17) is 9.47 Å². The van der Waals surface area contributed by atoms with Crippen LogP contribution in [0.5, 0.6) is 11.5 Å². The fourth-order valence-corrected chi connectivity index (χ4v) is 2.74. The monoisotopic (exact) mass is 293 g/mol. The molecule has 0 amide bonds. The summed E-state index contributed by atoms with van der Waals surface area (Å²) in [6, 6.07) is 7.98. The molecule has 1 aromatic carbocycles. The molecule has 1 aliphatic rings. The minimum Gasteiger partial charge on any atom is -0.494 e. The lowest BCUT2D eigenvalue weighted by molar-refractivity contribution is 0.0777. The molecule has 1 atom stereocenters. The predicted molar refractivity (Wildman–Crippen MR) is 83.9 cm³/mol. The molecular weight excluding hydrogens is 266 g/mol. The Hall–Kier alpha value is -1.26. The molecule has 4 nitrogen and oxygen atoms in total. The molecule has 0 saturated heterocycles. The molecule has 0 spiro atoms. The van der Waals surface area contributed by atoms with Gasteiger partial charge in [0, 0.05) is 12.1 Å². The molecule has 0 radical (unpaired) electrons. The van der Waals surface area contributed by atoms with Crippen LogP contribution < -0.4 is 14.8 Å². The quantitative estimate of drug-likeness (QED) is 0.735. The Bertz CT molecular complexity index is 445. The molecular formula is C17H27NO3. The van der Waals surface area contributed by atoms with Gasteiger partial charge in [-0.2, -0.15) is 0 Å². The van der Waals surface area contributed by atoms with Crippen molar-refractivity contribution < 1.29 is 14.6 Å². The summed E-state index contributed by atoms with van der Waals surface area (Å²) in [5.74, 6) is 2.10. The molecule has 1 fully saturated rings. The van der Waals surface area contributed by atoms with E-state index in [1.54, 1.807) is 0 Å². The van der Waals surface area contributed by atoms with Crippen LogP contribution in [0, 0.1) is 5.92 Å². The summed E-state index contributed by atoms with van der Waals surface area (Å²) in [5, 5.41) is 13.4. The van der Waals surface area contributed by atoms with Gasteiger partial charge in [-0.1, -0.05) is 19.9 Å². The zero-order valence-corrected chi connectivity index (χ0v) is 13.3. The number of ether oxygens (including phenoxy) is 2. The molecule has 1 aromatic rings. The van der Waals surface area contributed by atoms with Gasteiger partial charge in [0.25, 0.3) is 0 Å². The van der Waals surface area contributed by atoms with E-state index in [-0.39, 0.29) is 12.1 Å². The van der Waals surface area contributed by atoms with E-state index < -0.39 is 0 Å². The van der Waals surface area contributed by atoms with Gasteiger partial charge < -0.3 is 19.9 Å². The molecule has 118 valence electrons. The number of benzene rings is 1. The van der Waals surface area contributed by atoms with Crippen molar-refractivity contribution in [3.05, 3.63) is 24.3 Å². The first-order valence-electron chi connectivity index (χ1n) is 7.84. The Morgan fingerprint density at radius 3 is 2.48 bits per heavy atom. The fourth-order valence-electron chi connectivity index (χ4n) is 2.74. The van der Waals surface area contributed by atoms with Crippen LogP contribution in [0.15, 0.2) is 24.3 Å². The van der Waals surface area contributed by atoms with E-state index in [9.17, 15) is 5.11 Å². The molecule has 1 unspecified atom stereocenters. The van der Waals surface area contributed by atoms with Gasteiger partial charge in [-0.25, -0.2) is 0 Å². The van der Waals surface area contributed by atoms with Crippen LogP contribution in [0.25, 0.3) is 0 Å². The third-order valence-corrected chi connectivity index (χ3v) is 3.83. The van der Waals surface area contributed by atoms with Crippen molar-refractivity contribution in [2.75, 3.05) is 19.8 Å². The zero-order chi connectivity index (χ0) is 15.3. The molecule has 0 aliphatic heterocycles. The second-order valence-electron chi connectivity index (χ2n) is 6.08. The zero-order valence-electron chi connectivity index (χ0n) is 13.3. The predicted octanol–water partition coefficient (Wildman–Crippen LogP) is 2.60. The summed E-state index contributed by atoms with van der Waals surface area (Å²) in [4.78, 5) is 0. The van der Waals surface area contributed by atoms with Crippen molar-refractivity contribution in [2.24, 2.45) is 5.92 Å². The van der Waals surface area contributed by atoms with Crippen molar-refractivity contribution >= 4 is 0 Å². The lowest BCUT2D eigenvalue weighted by Gasteiger charge is -2.35. The summed E-state index contributed by atoms with van der Waals surface area (Å²) in [7, 11) is 0. The van der Waals surface area contributed by atoms with Crippen LogP contribution in [0.4, 0.5) is 0 Å². The Morgan fingerprint density at radius 2 is 1.95 bits per heavy atom. The smallest absolute Gasteiger partial charge is 0.123 e. The lowest BCUT2D eigenvalue weighted by atomic mass is 9.94. The van der Waals surface area contributed by atoms with Crippen molar-refractivity contribution in [3.8, 4) is 11.5 Å². The molecule has 0 bridgehead atoms. The van der Waals surface area contributed by atoms with Gasteiger partial charge in [-0.3, -0.25) is 0 Å². The van der Waals surface area contributed by atoms with Crippen LogP contribution in [0.3, 0.4) is 0 Å². The Labute approximate surface area is 127 Å². The van der Waals surface area contributed by atoms with E-state index in [0.29, 0.717) is 25.2 Å². The lowest BCUT2D eigenvalue weighted by Crippen LogP contribution is -2.57. The van der Waals surface area contributed by atoms with E-state index >= 15 is 0 Å². The highest BCUT2D eigenvalue weighted by molar-refractivity contribution is 5.33. The minimum atomic E-state index is -0.338. The van der Waals surface area contributed by atoms with Gasteiger partial charge in [0.2, 0.25) is 0 Å². The summed E-state index contributed by atoms with van der Waals surface area (Å²) in [5.41, 5.74) is -0.338. The molecule has 2 rings (SSSR count). The number of aliphatic hydroxyl groups is 1. The van der Waals surface area contributed by atoms with Crippen LogP contribution in [0.2, 0.25) is 0 Å². The van der Waals surface area contributed by atoms with Crippen LogP contribution in [0.1, 0.15) is 33.6 Å². The standard InChI is InChI=1S/C17H27NO3/c1-4-20-15-6-5-7-16(10-15)21-12-17(11-19,14-8-9-14)18-13(2)3/h5-7,10,13-14,18-19H,4,8-9,11-12H2,1-3H3. The third kappa shape index (κ3) is 4.35. The summed E-state index contributed by atoms with van der Waals surface area (Å²) >= 11 is 0. The van der Waals surface area contributed by atoms with Crippen LogP contribution in [-0.2, 0) is 0 Å². The highest BCUT2D eigenvalue weighted by Gasteiger charge is 2.45. The molecule has 4 heteroatoms. The fraction of sp³-hybridized carbons (Fsp3) is 0.647. The summed E-state index contributed by atoms with van der Waals surface area (Å²) in [6.07, 6.45) is 2.31. The van der Waals surface area contributed by atoms with Gasteiger partial charge in [-0.15, -0.1) is 0 Å². The molecule has 0 aromatic heterocycles. The molecule has 1 aliphatic carbocycles. The van der Waals surface area contributed by atoms with E-state index in [0.717, 1.165) is 24.3 Å². The van der Waals surface area contributed by atoms with Gasteiger partial charge >= 0.3 is 0 Å². The average molecular weight is 293 g/mol. The van der Waals surface area contributed by atoms with Crippen LogP contribution >= 0.6 is 0 Å². The topological polar surface area (TPSA) is 50.7 Å². The van der Waals surface area contributed by atoms with E-state index in [1.807, 2.05) is 31.2 Å². The van der Waals surface area contributed by atoms with Crippen molar-refractivity contribution in [1.82, 2.24) is 5.32 Å². The molecule has 2 N–H and O–H groups in total. The van der Waals surface area contributed by atoms with Crippen molar-refractivity contribution in [1.29, 1.82) is 0 Å². The van der Waals surface area contributed by atoms with E-state index in [1.165, 1.54) is 0 Å². The maximum absolute atomic E-state index is 9.89. The number of nitrogens with one attached hydrogen (secondary N) is 1. The normalized spacial score (nSPS) is 17.6. The van der Waals surface area contributed by atoms with Gasteiger partial charge in [-0.05, 0) is 37.8 Å². The maximum atomic E-state index is 9.89. The SMILES string of the molecule is CCOc1cccc(OCC(CO)(NC(C)C)C2CC2)c1. The molecule has 21 heavy (non-hydrogen) atoms. The van der Waals surface area contributed by atoms with Crippen molar-refractivity contribution in [3.63, 3.8) is 0 Å². The highest BCUT2D eigenvalue weighted by atomic mass is 16.5. The van der Waals surface area contributed by atoms with Crippen LogP contribution in [-0.4, -0.2) is 36.5 Å². The largest absolute Gasteiger partial charge is 0.494 e. The summed E-state index contributed by atoms with van der Waals surface area (Å²) < 4.78 is 11.4. The number of hydrogen-bond donors (Lipinski definition) is 2. The number of hydrogen-bond acceptors (Lipinski definition) is 4.